The van der Waals surface area contributed by atoms with Gasteiger partial charge in [-0.2, -0.15) is 9.07 Å². The average molecular weight is 335 g/mol. The van der Waals surface area contributed by atoms with Gasteiger partial charge >= 0.3 is 0 Å². The molecule has 0 aliphatic rings. The predicted molar refractivity (Wildman–Crippen MR) is 80.3 cm³/mol. The summed E-state index contributed by atoms with van der Waals surface area (Å²) in [5.74, 6) is -0.252. The maximum absolute atomic E-state index is 13.1. The first kappa shape index (κ1) is 15.3. The molecule has 1 aromatic carbocycles. The van der Waals surface area contributed by atoms with Crippen molar-refractivity contribution in [2.75, 3.05) is 0 Å². The Balaban J connectivity index is 2.23. The number of hydrogen-bond acceptors (Lipinski definition) is 5. The summed E-state index contributed by atoms with van der Waals surface area (Å²) in [6.07, 6.45) is 0. The molecule has 2 heterocycles. The number of halogens is 1. The normalized spacial score (nSPS) is 11.8. The highest BCUT2D eigenvalue weighted by Gasteiger charge is 2.26. The number of aromatic nitrogens is 5. The molecular formula is C14H14FN5O2S. The van der Waals surface area contributed by atoms with Crippen LogP contribution in [-0.4, -0.2) is 32.4 Å². The molecule has 0 bridgehead atoms. The van der Waals surface area contributed by atoms with E-state index in [9.17, 15) is 12.8 Å². The van der Waals surface area contributed by atoms with Gasteiger partial charge < -0.3 is 0 Å². The van der Waals surface area contributed by atoms with E-state index in [1.807, 2.05) is 0 Å². The van der Waals surface area contributed by atoms with Crippen molar-refractivity contribution >= 4 is 10.0 Å². The summed E-state index contributed by atoms with van der Waals surface area (Å²) in [6.45, 7) is 5.12. The van der Waals surface area contributed by atoms with E-state index in [1.54, 1.807) is 19.9 Å². The quantitative estimate of drug-likeness (QED) is 0.728. The Labute approximate surface area is 132 Å². The number of nitrogens with zero attached hydrogens (tertiary/aromatic N) is 5. The second-order valence-electron chi connectivity index (χ2n) is 5.11. The van der Waals surface area contributed by atoms with Gasteiger partial charge in [-0.15, -0.1) is 10.2 Å². The molecule has 7 nitrogen and oxygen atoms in total. The van der Waals surface area contributed by atoms with Crippen molar-refractivity contribution in [2.24, 2.45) is 0 Å². The van der Waals surface area contributed by atoms with Crippen molar-refractivity contribution in [3.05, 3.63) is 53.4 Å². The molecule has 23 heavy (non-hydrogen) atoms. The van der Waals surface area contributed by atoms with Gasteiger partial charge in [-0.1, -0.05) is 0 Å². The molecular weight excluding hydrogens is 321 g/mol. The molecule has 0 spiro atoms. The maximum Gasteiger partial charge on any atom is 0.272 e. The standard InChI is InChI=1S/C14H14FN5O2S/c1-9-8-10(2)19(18-9)14-17-16-11(3)20(14)23(21,22)13-6-4-12(15)5-7-13/h4-8H,1-3H3. The first-order valence-electron chi connectivity index (χ1n) is 6.77. The fraction of sp³-hybridized carbons (Fsp3) is 0.214. The third-order valence-corrected chi connectivity index (χ3v) is 5.09. The molecule has 0 saturated carbocycles. The van der Waals surface area contributed by atoms with Crippen molar-refractivity contribution in [3.63, 3.8) is 0 Å². The van der Waals surface area contributed by atoms with Crippen LogP contribution in [0, 0.1) is 26.6 Å². The summed E-state index contributed by atoms with van der Waals surface area (Å²) in [5, 5.41) is 12.0. The van der Waals surface area contributed by atoms with Crippen LogP contribution >= 0.6 is 0 Å². The number of hydrogen-bond donors (Lipinski definition) is 0. The van der Waals surface area contributed by atoms with Gasteiger partial charge in [0.25, 0.3) is 16.0 Å². The summed E-state index contributed by atoms with van der Waals surface area (Å²) in [6, 6.07) is 6.40. The SMILES string of the molecule is Cc1cc(C)n(-c2nnc(C)n2S(=O)(=O)c2ccc(F)cc2)n1. The molecule has 0 unspecified atom stereocenters. The average Bonchev–Trinajstić information content (AvgIpc) is 3.02. The Bertz CT molecular complexity index is 973. The zero-order valence-corrected chi connectivity index (χ0v) is 13.5. The van der Waals surface area contributed by atoms with E-state index >= 15 is 0 Å². The van der Waals surface area contributed by atoms with Crippen LogP contribution in [0.2, 0.25) is 0 Å². The Morgan fingerprint density at radius 2 is 1.70 bits per heavy atom. The smallest absolute Gasteiger partial charge is 0.207 e. The molecule has 0 fully saturated rings. The molecule has 0 atom stereocenters. The number of aryl methyl sites for hydroxylation is 3. The second-order valence-corrected chi connectivity index (χ2v) is 6.90. The largest absolute Gasteiger partial charge is 0.272 e. The molecule has 9 heteroatoms. The van der Waals surface area contributed by atoms with Crippen LogP contribution in [0.25, 0.3) is 5.95 Å². The van der Waals surface area contributed by atoms with Gasteiger partial charge in [-0.3, -0.25) is 0 Å². The molecule has 0 aliphatic carbocycles. The highest BCUT2D eigenvalue weighted by Crippen LogP contribution is 2.20. The molecule has 0 saturated heterocycles. The molecule has 0 amide bonds. The van der Waals surface area contributed by atoms with Gasteiger partial charge in [0, 0.05) is 5.69 Å². The molecule has 120 valence electrons. The van der Waals surface area contributed by atoms with Crippen LogP contribution in [0.1, 0.15) is 17.2 Å². The van der Waals surface area contributed by atoms with Crippen LogP contribution in [0.5, 0.6) is 0 Å². The van der Waals surface area contributed by atoms with Gasteiger partial charge in [0.15, 0.2) is 0 Å². The van der Waals surface area contributed by atoms with Crippen molar-refractivity contribution in [2.45, 2.75) is 25.7 Å². The second kappa shape index (κ2) is 5.27. The summed E-state index contributed by atoms with van der Waals surface area (Å²) in [7, 11) is -3.97. The molecule has 3 aromatic rings. The van der Waals surface area contributed by atoms with E-state index in [-0.39, 0.29) is 16.7 Å². The van der Waals surface area contributed by atoms with Crippen LogP contribution in [-0.2, 0) is 10.0 Å². The third kappa shape index (κ3) is 2.52. The Morgan fingerprint density at radius 1 is 1.04 bits per heavy atom. The predicted octanol–water partition coefficient (Wildman–Crippen LogP) is 1.77. The van der Waals surface area contributed by atoms with Crippen LogP contribution in [0.15, 0.2) is 35.2 Å². The minimum absolute atomic E-state index is 0.0513. The zero-order chi connectivity index (χ0) is 16.8. The van der Waals surface area contributed by atoms with E-state index in [0.717, 1.165) is 27.5 Å². The maximum atomic E-state index is 13.1. The van der Waals surface area contributed by atoms with Gasteiger partial charge in [-0.25, -0.2) is 17.5 Å². The highest BCUT2D eigenvalue weighted by molar-refractivity contribution is 7.90. The third-order valence-electron chi connectivity index (χ3n) is 3.31. The van der Waals surface area contributed by atoms with Crippen molar-refractivity contribution in [1.29, 1.82) is 0 Å². The number of benzene rings is 1. The molecule has 0 N–H and O–H groups in total. The van der Waals surface area contributed by atoms with Crippen LogP contribution in [0.3, 0.4) is 0 Å². The van der Waals surface area contributed by atoms with E-state index in [1.165, 1.54) is 23.7 Å². The minimum atomic E-state index is -3.97. The Hall–Kier alpha value is -2.55. The summed E-state index contributed by atoms with van der Waals surface area (Å²) in [5.41, 5.74) is 1.46. The van der Waals surface area contributed by atoms with Crippen molar-refractivity contribution in [1.82, 2.24) is 24.0 Å². The van der Waals surface area contributed by atoms with Crippen LogP contribution < -0.4 is 0 Å². The Morgan fingerprint density at radius 3 is 2.26 bits per heavy atom. The molecule has 2 aromatic heterocycles. The van der Waals surface area contributed by atoms with Crippen molar-refractivity contribution < 1.29 is 12.8 Å². The fourth-order valence-electron chi connectivity index (χ4n) is 2.30. The zero-order valence-electron chi connectivity index (χ0n) is 12.7. The summed E-state index contributed by atoms with van der Waals surface area (Å²) in [4.78, 5) is -0.0513. The lowest BCUT2D eigenvalue weighted by molar-refractivity contribution is 0.581. The minimum Gasteiger partial charge on any atom is -0.207 e. The fourth-order valence-corrected chi connectivity index (χ4v) is 3.70. The lowest BCUT2D eigenvalue weighted by Crippen LogP contribution is -2.19. The van der Waals surface area contributed by atoms with E-state index in [2.05, 4.69) is 15.3 Å². The molecule has 0 radical (unpaired) electrons. The van der Waals surface area contributed by atoms with Gasteiger partial charge in [0.1, 0.15) is 11.6 Å². The van der Waals surface area contributed by atoms with E-state index in [0.29, 0.717) is 0 Å². The van der Waals surface area contributed by atoms with Gasteiger partial charge in [0.05, 0.1) is 10.6 Å². The monoisotopic (exact) mass is 335 g/mol. The topological polar surface area (TPSA) is 82.7 Å². The lowest BCUT2D eigenvalue weighted by Gasteiger charge is -2.10. The molecule has 0 aliphatic heterocycles. The van der Waals surface area contributed by atoms with E-state index < -0.39 is 15.8 Å². The van der Waals surface area contributed by atoms with Gasteiger partial charge in [0.2, 0.25) is 0 Å². The van der Waals surface area contributed by atoms with Gasteiger partial charge in [-0.05, 0) is 51.1 Å². The first-order valence-corrected chi connectivity index (χ1v) is 8.21. The Kier molecular flexibility index (Phi) is 3.52. The lowest BCUT2D eigenvalue weighted by atomic mass is 10.4. The summed E-state index contributed by atoms with van der Waals surface area (Å²) < 4.78 is 41.2. The van der Waals surface area contributed by atoms with E-state index in [4.69, 9.17) is 0 Å². The number of rotatable bonds is 3. The summed E-state index contributed by atoms with van der Waals surface area (Å²) >= 11 is 0. The highest BCUT2D eigenvalue weighted by atomic mass is 32.2. The van der Waals surface area contributed by atoms with Crippen LogP contribution in [0.4, 0.5) is 4.39 Å². The molecule has 3 rings (SSSR count). The first-order chi connectivity index (χ1) is 10.8. The van der Waals surface area contributed by atoms with Crippen molar-refractivity contribution in [3.8, 4) is 5.95 Å².